The number of carboxylic acid groups (broad SMARTS) is 1. The molecule has 21 heavy (non-hydrogen) atoms. The molecule has 0 saturated heterocycles. The second-order valence-corrected chi connectivity index (χ2v) is 4.96. The number of amides is 1. The van der Waals surface area contributed by atoms with Crippen molar-refractivity contribution in [2.75, 3.05) is 14.2 Å². The summed E-state index contributed by atoms with van der Waals surface area (Å²) in [5.41, 5.74) is 0.263. The third kappa shape index (κ3) is 4.37. The van der Waals surface area contributed by atoms with Crippen LogP contribution in [0.3, 0.4) is 0 Å². The van der Waals surface area contributed by atoms with Gasteiger partial charge in [0.05, 0.1) is 20.6 Å². The largest absolute Gasteiger partial charge is 0.496 e. The average Bonchev–Trinajstić information content (AvgIpc) is 2.44. The number of carbonyl (C=O) groups excluding carboxylic acids is 1. The lowest BCUT2D eigenvalue weighted by molar-refractivity contribution is -0.137. The minimum Gasteiger partial charge on any atom is -0.496 e. The first-order valence-corrected chi connectivity index (χ1v) is 6.64. The van der Waals surface area contributed by atoms with E-state index >= 15 is 0 Å². The molecular weight excluding hydrogens is 274 g/mol. The van der Waals surface area contributed by atoms with Crippen molar-refractivity contribution in [2.45, 2.75) is 26.3 Å². The van der Waals surface area contributed by atoms with E-state index in [1.165, 1.54) is 14.2 Å². The molecule has 0 aliphatic rings. The smallest absolute Gasteiger partial charge is 0.305 e. The average molecular weight is 295 g/mol. The fourth-order valence-electron chi connectivity index (χ4n) is 1.96. The van der Waals surface area contributed by atoms with Gasteiger partial charge in [0.2, 0.25) is 0 Å². The van der Waals surface area contributed by atoms with Crippen molar-refractivity contribution in [2.24, 2.45) is 5.92 Å². The molecule has 0 fully saturated rings. The summed E-state index contributed by atoms with van der Waals surface area (Å²) in [6, 6.07) is 4.55. The van der Waals surface area contributed by atoms with Crippen molar-refractivity contribution in [1.29, 1.82) is 0 Å². The van der Waals surface area contributed by atoms with Crippen molar-refractivity contribution in [3.05, 3.63) is 23.8 Å². The lowest BCUT2D eigenvalue weighted by Gasteiger charge is -2.22. The normalized spacial score (nSPS) is 11.9. The summed E-state index contributed by atoms with van der Waals surface area (Å²) in [5, 5.41) is 11.7. The highest BCUT2D eigenvalue weighted by molar-refractivity contribution is 6.00. The Morgan fingerprint density at radius 1 is 1.19 bits per heavy atom. The molecule has 1 unspecified atom stereocenters. The highest BCUT2D eigenvalue weighted by Crippen LogP contribution is 2.28. The van der Waals surface area contributed by atoms with Crippen LogP contribution in [0.1, 0.15) is 30.6 Å². The molecule has 0 heterocycles. The van der Waals surface area contributed by atoms with Gasteiger partial charge in [-0.05, 0) is 18.1 Å². The van der Waals surface area contributed by atoms with Crippen LogP contribution in [0.5, 0.6) is 11.5 Å². The van der Waals surface area contributed by atoms with E-state index in [9.17, 15) is 9.59 Å². The van der Waals surface area contributed by atoms with Crippen LogP contribution in [0, 0.1) is 5.92 Å². The number of nitrogens with one attached hydrogen (secondary N) is 1. The molecule has 1 rings (SSSR count). The Balaban J connectivity index is 3.04. The standard InChI is InChI=1S/C15H21NO5/c1-9(2)10(8-13(17)18)16-15(19)14-11(20-3)6-5-7-12(14)21-4/h5-7,9-10H,8H2,1-4H3,(H,16,19)(H,17,18). The van der Waals surface area contributed by atoms with E-state index in [0.717, 1.165) is 0 Å². The van der Waals surface area contributed by atoms with Crippen LogP contribution in [0.25, 0.3) is 0 Å². The summed E-state index contributed by atoms with van der Waals surface area (Å²) in [6.45, 7) is 3.71. The number of rotatable bonds is 7. The van der Waals surface area contributed by atoms with Gasteiger partial charge in [-0.3, -0.25) is 9.59 Å². The van der Waals surface area contributed by atoms with Gasteiger partial charge in [-0.15, -0.1) is 0 Å². The maximum atomic E-state index is 12.4. The van der Waals surface area contributed by atoms with Crippen LogP contribution in [0.15, 0.2) is 18.2 Å². The van der Waals surface area contributed by atoms with Gasteiger partial charge in [-0.2, -0.15) is 0 Å². The molecule has 0 saturated carbocycles. The molecule has 0 radical (unpaired) electrons. The van der Waals surface area contributed by atoms with Gasteiger partial charge in [0.25, 0.3) is 5.91 Å². The highest BCUT2D eigenvalue weighted by atomic mass is 16.5. The van der Waals surface area contributed by atoms with Crippen LogP contribution in [0.4, 0.5) is 0 Å². The number of benzene rings is 1. The van der Waals surface area contributed by atoms with Crippen molar-refractivity contribution >= 4 is 11.9 Å². The minimum atomic E-state index is -0.957. The quantitative estimate of drug-likeness (QED) is 0.803. The molecule has 0 aliphatic carbocycles. The Morgan fingerprint density at radius 2 is 1.71 bits per heavy atom. The first-order chi connectivity index (χ1) is 9.90. The number of hydrogen-bond donors (Lipinski definition) is 2. The third-order valence-electron chi connectivity index (χ3n) is 3.17. The summed E-state index contributed by atoms with van der Waals surface area (Å²) >= 11 is 0. The molecule has 0 aliphatic heterocycles. The van der Waals surface area contributed by atoms with Crippen LogP contribution in [-0.2, 0) is 4.79 Å². The molecule has 6 heteroatoms. The van der Waals surface area contributed by atoms with Crippen molar-refractivity contribution in [3.8, 4) is 11.5 Å². The number of aliphatic carboxylic acids is 1. The van der Waals surface area contributed by atoms with E-state index in [1.54, 1.807) is 18.2 Å². The Bertz CT molecular complexity index is 491. The third-order valence-corrected chi connectivity index (χ3v) is 3.17. The molecule has 1 aromatic rings. The maximum absolute atomic E-state index is 12.4. The van der Waals surface area contributed by atoms with Gasteiger partial charge < -0.3 is 19.9 Å². The van der Waals surface area contributed by atoms with Crippen molar-refractivity contribution in [3.63, 3.8) is 0 Å². The molecule has 0 aromatic heterocycles. The predicted molar refractivity (Wildman–Crippen MR) is 77.9 cm³/mol. The van der Waals surface area contributed by atoms with Gasteiger partial charge in [-0.25, -0.2) is 0 Å². The van der Waals surface area contributed by atoms with Gasteiger partial charge >= 0.3 is 5.97 Å². The molecule has 116 valence electrons. The van der Waals surface area contributed by atoms with Crippen LogP contribution in [-0.4, -0.2) is 37.2 Å². The number of carboxylic acids is 1. The number of hydrogen-bond acceptors (Lipinski definition) is 4. The topological polar surface area (TPSA) is 84.9 Å². The summed E-state index contributed by atoms with van der Waals surface area (Å²) in [4.78, 5) is 23.3. The number of ether oxygens (including phenoxy) is 2. The van der Waals surface area contributed by atoms with E-state index in [-0.39, 0.29) is 17.9 Å². The number of methoxy groups -OCH3 is 2. The lowest BCUT2D eigenvalue weighted by Crippen LogP contribution is -2.40. The van der Waals surface area contributed by atoms with Crippen LogP contribution in [0.2, 0.25) is 0 Å². The van der Waals surface area contributed by atoms with Crippen molar-refractivity contribution in [1.82, 2.24) is 5.32 Å². The van der Waals surface area contributed by atoms with Crippen LogP contribution < -0.4 is 14.8 Å². The second-order valence-electron chi connectivity index (χ2n) is 4.96. The first kappa shape index (κ1) is 16.8. The maximum Gasteiger partial charge on any atom is 0.305 e. The summed E-state index contributed by atoms with van der Waals surface area (Å²) in [5.74, 6) is -0.620. The van der Waals surface area contributed by atoms with E-state index in [2.05, 4.69) is 5.32 Å². The molecular formula is C15H21NO5. The van der Waals surface area contributed by atoms with E-state index < -0.39 is 17.9 Å². The minimum absolute atomic E-state index is 0.00856. The summed E-state index contributed by atoms with van der Waals surface area (Å²) in [7, 11) is 2.92. The molecule has 1 amide bonds. The lowest BCUT2D eigenvalue weighted by atomic mass is 10.00. The Hall–Kier alpha value is -2.24. The number of carbonyl (C=O) groups is 2. The first-order valence-electron chi connectivity index (χ1n) is 6.64. The molecule has 6 nitrogen and oxygen atoms in total. The molecule has 0 bridgehead atoms. The van der Waals surface area contributed by atoms with E-state index in [1.807, 2.05) is 13.8 Å². The predicted octanol–water partition coefficient (Wildman–Crippen LogP) is 1.93. The molecule has 0 spiro atoms. The fourth-order valence-corrected chi connectivity index (χ4v) is 1.96. The zero-order chi connectivity index (χ0) is 16.0. The molecule has 1 aromatic carbocycles. The summed E-state index contributed by atoms with van der Waals surface area (Å²) < 4.78 is 10.3. The highest BCUT2D eigenvalue weighted by Gasteiger charge is 2.24. The van der Waals surface area contributed by atoms with E-state index in [0.29, 0.717) is 11.5 Å². The Morgan fingerprint density at radius 3 is 2.10 bits per heavy atom. The molecule has 1 atom stereocenters. The van der Waals surface area contributed by atoms with Gasteiger partial charge in [0.1, 0.15) is 17.1 Å². The van der Waals surface area contributed by atoms with Gasteiger partial charge in [0, 0.05) is 6.04 Å². The second kappa shape index (κ2) is 7.52. The zero-order valence-corrected chi connectivity index (χ0v) is 12.7. The SMILES string of the molecule is COc1cccc(OC)c1C(=O)NC(CC(=O)O)C(C)C. The van der Waals surface area contributed by atoms with Crippen LogP contribution >= 0.6 is 0 Å². The Kier molecular flexibility index (Phi) is 6.02. The Labute approximate surface area is 124 Å². The summed E-state index contributed by atoms with van der Waals surface area (Å²) in [6.07, 6.45) is -0.138. The molecule has 2 N–H and O–H groups in total. The monoisotopic (exact) mass is 295 g/mol. The fraction of sp³-hybridized carbons (Fsp3) is 0.467. The van der Waals surface area contributed by atoms with Crippen molar-refractivity contribution < 1.29 is 24.2 Å². The zero-order valence-electron chi connectivity index (χ0n) is 12.7. The van der Waals surface area contributed by atoms with Gasteiger partial charge in [0.15, 0.2) is 0 Å². The van der Waals surface area contributed by atoms with Gasteiger partial charge in [-0.1, -0.05) is 19.9 Å². The van der Waals surface area contributed by atoms with E-state index in [4.69, 9.17) is 14.6 Å².